The van der Waals surface area contributed by atoms with E-state index in [9.17, 15) is 0 Å². The lowest BCUT2D eigenvalue weighted by molar-refractivity contribution is -0.661. The number of thiophene rings is 1. The predicted molar refractivity (Wildman–Crippen MR) is 75.9 cm³/mol. The van der Waals surface area contributed by atoms with E-state index >= 15 is 0 Å². The van der Waals surface area contributed by atoms with E-state index in [0.29, 0.717) is 11.3 Å². The molecule has 5 aromatic rings. The van der Waals surface area contributed by atoms with Crippen LogP contribution >= 0.6 is 11.3 Å². The monoisotopic (exact) mass is 293 g/mol. The SMILES string of the molecule is c1csc(-c2c3nccnc3n3c4nccnc4[n-][n+]23)c1. The van der Waals surface area contributed by atoms with Crippen molar-refractivity contribution in [3.63, 3.8) is 0 Å². The van der Waals surface area contributed by atoms with Crippen LogP contribution in [0.3, 0.4) is 0 Å². The highest BCUT2D eigenvalue weighted by Crippen LogP contribution is 2.27. The van der Waals surface area contributed by atoms with Crippen molar-refractivity contribution in [3.05, 3.63) is 42.3 Å². The van der Waals surface area contributed by atoms with Gasteiger partial charge in [0.05, 0.1) is 0 Å². The third kappa shape index (κ3) is 1.34. The summed E-state index contributed by atoms with van der Waals surface area (Å²) in [5.41, 5.74) is 3.70. The lowest BCUT2D eigenvalue weighted by Crippen LogP contribution is -2.31. The minimum atomic E-state index is 0.586. The average Bonchev–Trinajstić information content (AvgIpc) is 3.21. The van der Waals surface area contributed by atoms with Crippen molar-refractivity contribution in [2.24, 2.45) is 0 Å². The summed E-state index contributed by atoms with van der Waals surface area (Å²) in [4.78, 5) is 18.6. The van der Waals surface area contributed by atoms with Crippen LogP contribution in [0.15, 0.2) is 42.3 Å². The van der Waals surface area contributed by atoms with E-state index in [2.05, 4.69) is 25.0 Å². The van der Waals surface area contributed by atoms with Gasteiger partial charge in [-0.05, 0) is 17.6 Å². The van der Waals surface area contributed by atoms with Gasteiger partial charge >= 0.3 is 0 Å². The van der Waals surface area contributed by atoms with Crippen LogP contribution < -0.4 is 9.73 Å². The Morgan fingerprint density at radius 1 is 1.00 bits per heavy atom. The molecule has 5 aromatic heterocycles. The van der Waals surface area contributed by atoms with Gasteiger partial charge in [-0.2, -0.15) is 0 Å². The molecule has 0 aromatic carbocycles. The summed E-state index contributed by atoms with van der Waals surface area (Å²) in [6.07, 6.45) is 6.64. The fraction of sp³-hybridized carbons (Fsp3) is 0. The molecule has 0 fully saturated rings. The van der Waals surface area contributed by atoms with Crippen LogP contribution in [0.2, 0.25) is 0 Å². The molecule has 0 bridgehead atoms. The van der Waals surface area contributed by atoms with Gasteiger partial charge in [-0.25, -0.2) is 15.0 Å². The summed E-state index contributed by atoms with van der Waals surface area (Å²) in [7, 11) is 0. The number of hydrogen-bond donors (Lipinski definition) is 0. The molecule has 0 saturated carbocycles. The molecule has 0 atom stereocenters. The fourth-order valence-electron chi connectivity index (χ4n) is 2.48. The Morgan fingerprint density at radius 2 is 1.81 bits per heavy atom. The van der Waals surface area contributed by atoms with Crippen LogP contribution in [0.4, 0.5) is 0 Å². The van der Waals surface area contributed by atoms with Gasteiger partial charge in [0.15, 0.2) is 16.8 Å². The van der Waals surface area contributed by atoms with Crippen molar-refractivity contribution in [1.29, 1.82) is 0 Å². The largest absolute Gasteiger partial charge is 0.361 e. The maximum atomic E-state index is 4.54. The van der Waals surface area contributed by atoms with Gasteiger partial charge in [0.25, 0.3) is 5.69 Å². The van der Waals surface area contributed by atoms with E-state index < -0.39 is 0 Å². The predicted octanol–water partition coefficient (Wildman–Crippen LogP) is 1.10. The van der Waals surface area contributed by atoms with Crippen LogP contribution in [-0.4, -0.2) is 24.5 Å². The Balaban J connectivity index is 2.10. The molecule has 5 rings (SSSR count). The van der Waals surface area contributed by atoms with Crippen molar-refractivity contribution in [3.8, 4) is 10.6 Å². The second-order valence-corrected chi connectivity index (χ2v) is 5.41. The molecule has 0 N–H and O–H groups in total. The number of nitrogens with zero attached hydrogens (tertiary/aromatic N) is 7. The first-order valence-corrected chi connectivity index (χ1v) is 7.16. The van der Waals surface area contributed by atoms with Gasteiger partial charge in [-0.1, -0.05) is 10.7 Å². The Kier molecular flexibility index (Phi) is 1.98. The first-order chi connectivity index (χ1) is 10.4. The van der Waals surface area contributed by atoms with Crippen LogP contribution in [-0.2, 0) is 0 Å². The molecule has 5 heterocycles. The minimum absolute atomic E-state index is 0.586. The molecule has 0 aliphatic carbocycles. The maximum absolute atomic E-state index is 4.54. The van der Waals surface area contributed by atoms with Crippen molar-refractivity contribution in [2.75, 3.05) is 0 Å². The highest BCUT2D eigenvalue weighted by atomic mass is 32.1. The normalized spacial score (nSPS) is 11.8. The van der Waals surface area contributed by atoms with Crippen LogP contribution in [0.1, 0.15) is 0 Å². The first-order valence-electron chi connectivity index (χ1n) is 6.28. The summed E-state index contributed by atoms with van der Waals surface area (Å²) in [6.45, 7) is 0. The van der Waals surface area contributed by atoms with Gasteiger partial charge in [0, 0.05) is 18.6 Å². The van der Waals surface area contributed by atoms with Gasteiger partial charge in [0.1, 0.15) is 10.5 Å². The van der Waals surface area contributed by atoms with Crippen LogP contribution in [0.25, 0.3) is 33.0 Å². The number of rotatable bonds is 1. The molecule has 0 amide bonds. The molecule has 21 heavy (non-hydrogen) atoms. The Labute approximate surface area is 121 Å². The quantitative estimate of drug-likeness (QED) is 0.433. The van der Waals surface area contributed by atoms with E-state index in [-0.39, 0.29) is 0 Å². The van der Waals surface area contributed by atoms with E-state index in [0.717, 1.165) is 21.7 Å². The highest BCUT2D eigenvalue weighted by Gasteiger charge is 2.25. The van der Waals surface area contributed by atoms with Crippen molar-refractivity contribution >= 4 is 33.8 Å². The van der Waals surface area contributed by atoms with Crippen LogP contribution in [0, 0.1) is 0 Å². The van der Waals surface area contributed by atoms with Crippen LogP contribution in [0.5, 0.6) is 0 Å². The Bertz CT molecular complexity index is 1090. The molecular weight excluding hydrogens is 286 g/mol. The van der Waals surface area contributed by atoms with E-state index in [1.165, 1.54) is 0 Å². The zero-order chi connectivity index (χ0) is 13.8. The molecule has 100 valence electrons. The van der Waals surface area contributed by atoms with Gasteiger partial charge in [0.2, 0.25) is 0 Å². The van der Waals surface area contributed by atoms with Gasteiger partial charge in [-0.3, -0.25) is 0 Å². The van der Waals surface area contributed by atoms with E-state index in [1.807, 2.05) is 22.0 Å². The summed E-state index contributed by atoms with van der Waals surface area (Å²) >= 11 is 1.64. The second-order valence-electron chi connectivity index (χ2n) is 4.46. The topological polar surface area (TPSA) is 74.2 Å². The van der Waals surface area contributed by atoms with Gasteiger partial charge < -0.3 is 4.98 Å². The van der Waals surface area contributed by atoms with Crippen molar-refractivity contribution < 1.29 is 4.63 Å². The highest BCUT2D eigenvalue weighted by molar-refractivity contribution is 7.13. The van der Waals surface area contributed by atoms with E-state index in [1.54, 1.807) is 40.8 Å². The molecule has 7 nitrogen and oxygen atoms in total. The lowest BCUT2D eigenvalue weighted by atomic mass is 10.3. The molecule has 0 spiro atoms. The van der Waals surface area contributed by atoms with Crippen molar-refractivity contribution in [2.45, 2.75) is 0 Å². The minimum Gasteiger partial charge on any atom is -0.361 e. The molecule has 0 saturated heterocycles. The van der Waals surface area contributed by atoms with E-state index in [4.69, 9.17) is 0 Å². The zero-order valence-electron chi connectivity index (χ0n) is 10.6. The molecule has 8 heteroatoms. The summed E-state index contributed by atoms with van der Waals surface area (Å²) in [5.74, 6) is 0. The molecule has 0 aliphatic rings. The number of fused-ring (bicyclic) bond motifs is 5. The molecule has 0 unspecified atom stereocenters. The Hall–Kier alpha value is -2.87. The first kappa shape index (κ1) is 10.9. The number of hydrogen-bond acceptors (Lipinski definition) is 5. The fourth-order valence-corrected chi connectivity index (χ4v) is 3.23. The lowest BCUT2D eigenvalue weighted by Gasteiger charge is -1.91. The van der Waals surface area contributed by atoms with Crippen molar-refractivity contribution in [1.82, 2.24) is 29.5 Å². The summed E-state index contributed by atoms with van der Waals surface area (Å²) < 4.78 is 3.63. The smallest absolute Gasteiger partial charge is 0.284 e. The summed E-state index contributed by atoms with van der Waals surface area (Å²) in [5, 5.41) is 6.57. The molecular formula is C13H7N7S. The molecule has 0 aliphatic heterocycles. The van der Waals surface area contributed by atoms with Gasteiger partial charge in [-0.15, -0.1) is 21.0 Å². The molecule has 0 radical (unpaired) electrons. The summed E-state index contributed by atoms with van der Waals surface area (Å²) in [6, 6.07) is 4.05. The average molecular weight is 293 g/mol. The maximum Gasteiger partial charge on any atom is 0.284 e. The Morgan fingerprint density at radius 3 is 2.67 bits per heavy atom. The third-order valence-corrected chi connectivity index (χ3v) is 4.17. The third-order valence-electron chi connectivity index (χ3n) is 3.30. The second kappa shape index (κ2) is 3.83. The standard InChI is InChI=1S/C13H7N7S/c1-2-8(21-7-1)10-9-12(16-5-3-14-9)19-13-11(18-20(10)19)15-4-6-17-13/h1-7H. The zero-order valence-corrected chi connectivity index (χ0v) is 11.4. The number of aromatic nitrogens is 7.